The van der Waals surface area contributed by atoms with Gasteiger partial charge in [0.15, 0.2) is 0 Å². The Bertz CT molecular complexity index is 328. The Hall–Kier alpha value is -1.74. The van der Waals surface area contributed by atoms with Crippen molar-refractivity contribution in [3.8, 4) is 0 Å². The summed E-state index contributed by atoms with van der Waals surface area (Å²) in [6.45, 7) is 7.42. The summed E-state index contributed by atoms with van der Waals surface area (Å²) in [6, 6.07) is 0. The van der Waals surface area contributed by atoms with Crippen molar-refractivity contribution < 1.29 is 39.5 Å². The molecule has 0 radical (unpaired) electrons. The quantitative estimate of drug-likeness (QED) is 0.230. The number of rotatable bonds is 9. The second-order valence-corrected chi connectivity index (χ2v) is 3.73. The molecule has 0 aromatic carbocycles. The number of esters is 2. The van der Waals surface area contributed by atoms with Crippen LogP contribution in [0, 0.1) is 0 Å². The molecule has 0 fully saturated rings. The average molecular weight is 306 g/mol. The fourth-order valence-corrected chi connectivity index (χ4v) is 0.866. The number of aliphatic hydroxyl groups is 4. The van der Waals surface area contributed by atoms with E-state index in [9.17, 15) is 9.59 Å². The Balaban J connectivity index is 0. The van der Waals surface area contributed by atoms with E-state index in [1.54, 1.807) is 0 Å². The first-order chi connectivity index (χ1) is 9.90. The molecule has 8 heteroatoms. The van der Waals surface area contributed by atoms with Crippen LogP contribution < -0.4 is 0 Å². The molecule has 4 N–H and O–H groups in total. The van der Waals surface area contributed by atoms with Gasteiger partial charge in [-0.05, 0) is 0 Å². The molecule has 21 heavy (non-hydrogen) atoms. The first kappa shape index (κ1) is 21.6. The van der Waals surface area contributed by atoms with E-state index in [-0.39, 0.29) is 12.2 Å². The first-order valence-electron chi connectivity index (χ1n) is 5.99. The normalized spacial score (nSPS) is 12.4. The molecule has 0 aliphatic heterocycles. The van der Waals surface area contributed by atoms with E-state index in [0.717, 1.165) is 0 Å². The highest BCUT2D eigenvalue weighted by Gasteiger charge is 2.16. The summed E-state index contributed by atoms with van der Waals surface area (Å²) in [6.07, 6.45) is -2.81. The van der Waals surface area contributed by atoms with Crippen molar-refractivity contribution in [2.24, 2.45) is 0 Å². The van der Waals surface area contributed by atoms with Crippen molar-refractivity contribution >= 4 is 11.9 Å². The Labute approximate surface area is 122 Å². The van der Waals surface area contributed by atoms with E-state index in [0.29, 0.717) is 0 Å². The highest BCUT2D eigenvalue weighted by atomic mass is 16.6. The van der Waals surface area contributed by atoms with Gasteiger partial charge in [0.05, 0.1) is 19.6 Å². The van der Waals surface area contributed by atoms with Crippen LogP contribution in [-0.4, -0.2) is 71.0 Å². The smallest absolute Gasteiger partial charge is 0.334 e. The largest absolute Gasteiger partial charge is 0.463 e. The van der Waals surface area contributed by atoms with E-state index in [4.69, 9.17) is 20.4 Å². The standard InChI is InChI=1S/C11H18O8.C2H4/c1-7(11(17)19-6-9(15)4-13)2-10(16)18-5-8(14)3-12;1-2/h8-9,12-15H,1-6H2;1-2H2. The molecule has 0 bridgehead atoms. The number of ether oxygens (including phenoxy) is 2. The van der Waals surface area contributed by atoms with Crippen LogP contribution in [0.1, 0.15) is 6.42 Å². The molecule has 0 aliphatic carbocycles. The number of hydrogen-bond acceptors (Lipinski definition) is 8. The number of carbonyl (C=O) groups excluding carboxylic acids is 2. The van der Waals surface area contributed by atoms with Crippen LogP contribution in [0.15, 0.2) is 25.3 Å². The number of aliphatic hydroxyl groups excluding tert-OH is 4. The summed E-state index contributed by atoms with van der Waals surface area (Å²) in [5.74, 6) is -1.70. The second-order valence-electron chi connectivity index (χ2n) is 3.73. The van der Waals surface area contributed by atoms with E-state index in [1.165, 1.54) is 0 Å². The van der Waals surface area contributed by atoms with Crippen LogP contribution in [0.25, 0.3) is 0 Å². The molecule has 2 atom stereocenters. The van der Waals surface area contributed by atoms with Gasteiger partial charge >= 0.3 is 11.9 Å². The molecule has 0 aliphatic rings. The van der Waals surface area contributed by atoms with Gasteiger partial charge in [0.25, 0.3) is 0 Å². The minimum Gasteiger partial charge on any atom is -0.463 e. The van der Waals surface area contributed by atoms with Crippen LogP contribution in [-0.2, 0) is 19.1 Å². The Morgan fingerprint density at radius 3 is 1.81 bits per heavy atom. The predicted molar refractivity (Wildman–Crippen MR) is 73.1 cm³/mol. The lowest BCUT2D eigenvalue weighted by Crippen LogP contribution is -2.24. The van der Waals surface area contributed by atoms with Crippen LogP contribution in [0.3, 0.4) is 0 Å². The maximum Gasteiger partial charge on any atom is 0.334 e. The summed E-state index contributed by atoms with van der Waals surface area (Å²) in [5.41, 5.74) is -0.186. The third-order valence-corrected chi connectivity index (χ3v) is 1.91. The molecular formula is C13H22O8. The maximum atomic E-state index is 11.3. The van der Waals surface area contributed by atoms with Gasteiger partial charge in [0.1, 0.15) is 25.4 Å². The molecule has 0 saturated carbocycles. The van der Waals surface area contributed by atoms with Gasteiger partial charge in [-0.3, -0.25) is 4.79 Å². The monoisotopic (exact) mass is 306 g/mol. The Morgan fingerprint density at radius 2 is 1.38 bits per heavy atom. The highest BCUT2D eigenvalue weighted by Crippen LogP contribution is 2.04. The molecular weight excluding hydrogens is 284 g/mol. The van der Waals surface area contributed by atoms with Crippen LogP contribution >= 0.6 is 0 Å². The summed E-state index contributed by atoms with van der Waals surface area (Å²) < 4.78 is 9.11. The van der Waals surface area contributed by atoms with Crippen molar-refractivity contribution in [2.75, 3.05) is 26.4 Å². The van der Waals surface area contributed by atoms with E-state index in [1.807, 2.05) is 0 Å². The third kappa shape index (κ3) is 11.8. The maximum absolute atomic E-state index is 11.3. The zero-order valence-corrected chi connectivity index (χ0v) is 11.7. The predicted octanol–water partition coefficient (Wildman–Crippen LogP) is -1.47. The lowest BCUT2D eigenvalue weighted by molar-refractivity contribution is -0.149. The summed E-state index contributed by atoms with van der Waals surface area (Å²) in [5, 5.41) is 34.9. The van der Waals surface area contributed by atoms with Crippen molar-refractivity contribution in [3.05, 3.63) is 25.3 Å². The van der Waals surface area contributed by atoms with Gasteiger partial charge in [0.2, 0.25) is 0 Å². The molecule has 0 aromatic rings. The van der Waals surface area contributed by atoms with Gasteiger partial charge in [-0.25, -0.2) is 4.79 Å². The van der Waals surface area contributed by atoms with Crippen molar-refractivity contribution in [1.82, 2.24) is 0 Å². The fraction of sp³-hybridized carbons (Fsp3) is 0.538. The van der Waals surface area contributed by atoms with Gasteiger partial charge in [-0.15, -0.1) is 13.2 Å². The number of carbonyl (C=O) groups is 2. The van der Waals surface area contributed by atoms with Crippen molar-refractivity contribution in [3.63, 3.8) is 0 Å². The van der Waals surface area contributed by atoms with E-state index in [2.05, 4.69) is 29.2 Å². The minimum absolute atomic E-state index is 0.186. The SMILES string of the molecule is C=C.C=C(CC(=O)OCC(O)CO)C(=O)OCC(O)CO. The average Bonchev–Trinajstić information content (AvgIpc) is 2.51. The molecule has 122 valence electrons. The molecule has 0 amide bonds. The van der Waals surface area contributed by atoms with Crippen molar-refractivity contribution in [1.29, 1.82) is 0 Å². The lowest BCUT2D eigenvalue weighted by atomic mass is 10.2. The Morgan fingerprint density at radius 1 is 0.952 bits per heavy atom. The molecule has 0 spiro atoms. The zero-order chi connectivity index (χ0) is 16.8. The molecule has 0 heterocycles. The fourth-order valence-electron chi connectivity index (χ4n) is 0.866. The molecule has 0 saturated heterocycles. The van der Waals surface area contributed by atoms with Crippen LogP contribution in [0.2, 0.25) is 0 Å². The topological polar surface area (TPSA) is 134 Å². The molecule has 0 rings (SSSR count). The van der Waals surface area contributed by atoms with Gasteiger partial charge in [-0.2, -0.15) is 0 Å². The third-order valence-electron chi connectivity index (χ3n) is 1.91. The van der Waals surface area contributed by atoms with E-state index < -0.39 is 50.4 Å². The van der Waals surface area contributed by atoms with E-state index >= 15 is 0 Å². The number of hydrogen-bond donors (Lipinski definition) is 4. The molecule has 2 unspecified atom stereocenters. The lowest BCUT2D eigenvalue weighted by Gasteiger charge is -2.11. The molecule has 8 nitrogen and oxygen atoms in total. The van der Waals surface area contributed by atoms with Crippen molar-refractivity contribution in [2.45, 2.75) is 18.6 Å². The Kier molecular flexibility index (Phi) is 13.6. The first-order valence-corrected chi connectivity index (χ1v) is 5.99. The van der Waals surface area contributed by atoms with Gasteiger partial charge in [-0.1, -0.05) is 6.58 Å². The summed E-state index contributed by atoms with van der Waals surface area (Å²) >= 11 is 0. The highest BCUT2D eigenvalue weighted by molar-refractivity contribution is 5.93. The van der Waals surface area contributed by atoms with Crippen LogP contribution in [0.4, 0.5) is 0 Å². The van der Waals surface area contributed by atoms with Gasteiger partial charge < -0.3 is 29.9 Å². The zero-order valence-electron chi connectivity index (χ0n) is 11.7. The minimum atomic E-state index is -1.19. The summed E-state index contributed by atoms with van der Waals surface area (Å²) in [7, 11) is 0. The summed E-state index contributed by atoms with van der Waals surface area (Å²) in [4.78, 5) is 22.5. The van der Waals surface area contributed by atoms with Gasteiger partial charge in [0, 0.05) is 5.57 Å². The molecule has 0 aromatic heterocycles. The second kappa shape index (κ2) is 13.3. The van der Waals surface area contributed by atoms with Crippen LogP contribution in [0.5, 0.6) is 0 Å².